The number of hydrogen-bond donors (Lipinski definition) is 2. The minimum atomic E-state index is -0.233. The molecule has 2 bridgehead atoms. The first-order valence-corrected chi connectivity index (χ1v) is 12.5. The zero-order valence-corrected chi connectivity index (χ0v) is 20.8. The lowest BCUT2D eigenvalue weighted by Gasteiger charge is -2.23. The highest BCUT2D eigenvalue weighted by molar-refractivity contribution is 5.96. The van der Waals surface area contributed by atoms with Crippen molar-refractivity contribution in [3.63, 3.8) is 0 Å². The van der Waals surface area contributed by atoms with Crippen LogP contribution < -0.4 is 14.8 Å². The Balaban J connectivity index is 1.45. The molecule has 0 atom stereocenters. The minimum Gasteiger partial charge on any atom is -0.493 e. The number of carbonyl (C=O) groups excluding carboxylic acids is 2. The molecule has 0 saturated heterocycles. The molecular weight excluding hydrogens is 468 g/mol. The SMILES string of the molecule is COc1ccc2cc1OCCCN(C(=O)c1cccnc1)CC(=O)NCCc1c([nH]c3ccccc13)C2. The second-order valence-electron chi connectivity index (χ2n) is 9.06. The first-order chi connectivity index (χ1) is 18.1. The molecule has 0 spiro atoms. The van der Waals surface area contributed by atoms with Gasteiger partial charge < -0.3 is 24.7 Å². The van der Waals surface area contributed by atoms with E-state index < -0.39 is 0 Å². The van der Waals surface area contributed by atoms with E-state index in [1.807, 2.05) is 30.3 Å². The number of carbonyl (C=O) groups is 2. The Bertz CT molecular complexity index is 1400. The predicted molar refractivity (Wildman–Crippen MR) is 141 cm³/mol. The lowest BCUT2D eigenvalue weighted by molar-refractivity contribution is -0.121. The van der Waals surface area contributed by atoms with Gasteiger partial charge in [-0.25, -0.2) is 0 Å². The molecule has 2 N–H and O–H groups in total. The summed E-state index contributed by atoms with van der Waals surface area (Å²) in [4.78, 5) is 35.2. The monoisotopic (exact) mass is 498 g/mol. The van der Waals surface area contributed by atoms with Crippen LogP contribution in [-0.4, -0.2) is 60.0 Å². The van der Waals surface area contributed by atoms with Crippen molar-refractivity contribution in [3.8, 4) is 11.5 Å². The van der Waals surface area contributed by atoms with Gasteiger partial charge in [0.15, 0.2) is 11.5 Å². The lowest BCUT2D eigenvalue weighted by Crippen LogP contribution is -2.42. The normalized spacial score (nSPS) is 14.9. The molecule has 2 aromatic heterocycles. The quantitative estimate of drug-likeness (QED) is 0.439. The number of benzene rings is 2. The topological polar surface area (TPSA) is 96.6 Å². The van der Waals surface area contributed by atoms with Crippen LogP contribution in [0, 0.1) is 0 Å². The highest BCUT2D eigenvalue weighted by Crippen LogP contribution is 2.31. The van der Waals surface area contributed by atoms with Gasteiger partial charge in [0.1, 0.15) is 0 Å². The molecule has 8 heteroatoms. The van der Waals surface area contributed by atoms with E-state index in [-0.39, 0.29) is 18.4 Å². The van der Waals surface area contributed by atoms with Crippen molar-refractivity contribution >= 4 is 22.7 Å². The molecule has 0 unspecified atom stereocenters. The number of fused-ring (bicyclic) bond motifs is 5. The highest BCUT2D eigenvalue weighted by atomic mass is 16.5. The third-order valence-electron chi connectivity index (χ3n) is 6.57. The van der Waals surface area contributed by atoms with Gasteiger partial charge in [0.2, 0.25) is 5.91 Å². The van der Waals surface area contributed by atoms with Crippen LogP contribution in [0.1, 0.15) is 33.6 Å². The number of nitrogens with zero attached hydrogens (tertiary/aromatic N) is 2. The maximum Gasteiger partial charge on any atom is 0.255 e. The zero-order chi connectivity index (χ0) is 25.6. The first kappa shape index (κ1) is 24.4. The summed E-state index contributed by atoms with van der Waals surface area (Å²) in [7, 11) is 1.62. The largest absolute Gasteiger partial charge is 0.493 e. The lowest BCUT2D eigenvalue weighted by atomic mass is 10.0. The van der Waals surface area contributed by atoms with Gasteiger partial charge in [-0.1, -0.05) is 24.3 Å². The maximum atomic E-state index is 13.1. The number of H-pyrrole nitrogens is 1. The van der Waals surface area contributed by atoms with Crippen molar-refractivity contribution < 1.29 is 19.1 Å². The second kappa shape index (κ2) is 11.2. The summed E-state index contributed by atoms with van der Waals surface area (Å²) in [6.07, 6.45) is 5.06. The Morgan fingerprint density at radius 1 is 1.14 bits per heavy atom. The summed E-state index contributed by atoms with van der Waals surface area (Å²) in [6.45, 7) is 1.18. The van der Waals surface area contributed by atoms with Crippen LogP contribution in [0.5, 0.6) is 11.5 Å². The van der Waals surface area contributed by atoms with E-state index >= 15 is 0 Å². The van der Waals surface area contributed by atoms with E-state index in [0.717, 1.165) is 22.2 Å². The molecule has 1 aliphatic rings. The van der Waals surface area contributed by atoms with Crippen LogP contribution in [0.3, 0.4) is 0 Å². The predicted octanol–water partition coefficient (Wildman–Crippen LogP) is 3.75. The molecule has 190 valence electrons. The van der Waals surface area contributed by atoms with Gasteiger partial charge in [-0.2, -0.15) is 0 Å². The number of nitrogens with one attached hydrogen (secondary N) is 2. The van der Waals surface area contributed by atoms with Crippen molar-refractivity contribution in [1.29, 1.82) is 0 Å². The van der Waals surface area contributed by atoms with Gasteiger partial charge in [-0.15, -0.1) is 0 Å². The molecule has 1 aliphatic heterocycles. The fraction of sp³-hybridized carbons (Fsp3) is 0.276. The highest BCUT2D eigenvalue weighted by Gasteiger charge is 2.20. The van der Waals surface area contributed by atoms with E-state index in [2.05, 4.69) is 27.4 Å². The molecule has 0 fully saturated rings. The Hall–Kier alpha value is -4.33. The molecular formula is C29H30N4O4. The number of hydrogen-bond acceptors (Lipinski definition) is 5. The molecule has 3 heterocycles. The molecule has 0 aliphatic carbocycles. The van der Waals surface area contributed by atoms with Crippen LogP contribution >= 0.6 is 0 Å². The Morgan fingerprint density at radius 3 is 2.86 bits per heavy atom. The number of aromatic nitrogens is 2. The van der Waals surface area contributed by atoms with Crippen LogP contribution in [-0.2, 0) is 17.6 Å². The van der Waals surface area contributed by atoms with E-state index in [1.54, 1.807) is 30.3 Å². The average molecular weight is 499 g/mol. The van der Waals surface area contributed by atoms with Gasteiger partial charge in [-0.3, -0.25) is 14.6 Å². The molecule has 2 amide bonds. The number of aromatic amines is 1. The van der Waals surface area contributed by atoms with Crippen molar-refractivity contribution in [3.05, 3.63) is 89.4 Å². The standard InChI is InChI=1S/C29H30N4O4/c1-36-26-10-9-20-16-25-23(22-7-2-3-8-24(22)32-25)11-13-31-28(34)19-33(14-5-15-37-27(26)17-20)29(35)21-6-4-12-30-18-21/h2-4,6-10,12,17-18,32H,5,11,13-16,19H2,1H3,(H,31,34). The Morgan fingerprint density at radius 2 is 2.03 bits per heavy atom. The number of para-hydroxylation sites is 1. The van der Waals surface area contributed by atoms with Crippen LogP contribution in [0.4, 0.5) is 0 Å². The summed E-state index contributed by atoms with van der Waals surface area (Å²) in [5.74, 6) is 0.887. The smallest absolute Gasteiger partial charge is 0.255 e. The fourth-order valence-electron chi connectivity index (χ4n) is 4.76. The molecule has 0 saturated carbocycles. The number of pyridine rings is 1. The fourth-order valence-corrected chi connectivity index (χ4v) is 4.76. The summed E-state index contributed by atoms with van der Waals surface area (Å²) in [6, 6.07) is 17.6. The molecule has 0 radical (unpaired) electrons. The van der Waals surface area contributed by atoms with Gasteiger partial charge in [-0.05, 0) is 54.3 Å². The summed E-state index contributed by atoms with van der Waals surface area (Å²) in [5.41, 5.74) is 4.88. The molecule has 4 aromatic rings. The van der Waals surface area contributed by atoms with Crippen molar-refractivity contribution in [1.82, 2.24) is 20.2 Å². The van der Waals surface area contributed by atoms with Crippen molar-refractivity contribution in [2.45, 2.75) is 19.3 Å². The van der Waals surface area contributed by atoms with Crippen molar-refractivity contribution in [2.24, 2.45) is 0 Å². The maximum absolute atomic E-state index is 13.1. The Labute approximate surface area is 215 Å². The van der Waals surface area contributed by atoms with Gasteiger partial charge in [0.25, 0.3) is 5.91 Å². The minimum absolute atomic E-state index is 0.0344. The third kappa shape index (κ3) is 5.58. The molecule has 5 rings (SSSR count). The molecule has 2 aromatic carbocycles. The van der Waals surface area contributed by atoms with Gasteiger partial charge in [0, 0.05) is 48.5 Å². The third-order valence-corrected chi connectivity index (χ3v) is 6.57. The number of ether oxygens (including phenoxy) is 2. The number of methoxy groups -OCH3 is 1. The summed E-state index contributed by atoms with van der Waals surface area (Å²) in [5, 5.41) is 4.15. The van der Waals surface area contributed by atoms with E-state index in [9.17, 15) is 9.59 Å². The van der Waals surface area contributed by atoms with Gasteiger partial charge >= 0.3 is 0 Å². The first-order valence-electron chi connectivity index (χ1n) is 12.5. The summed E-state index contributed by atoms with van der Waals surface area (Å²) < 4.78 is 11.6. The molecule has 37 heavy (non-hydrogen) atoms. The van der Waals surface area contributed by atoms with Crippen LogP contribution in [0.2, 0.25) is 0 Å². The van der Waals surface area contributed by atoms with Gasteiger partial charge in [0.05, 0.1) is 25.8 Å². The Kier molecular flexibility index (Phi) is 7.35. The van der Waals surface area contributed by atoms with E-state index in [4.69, 9.17) is 9.47 Å². The summed E-state index contributed by atoms with van der Waals surface area (Å²) >= 11 is 0. The van der Waals surface area contributed by atoms with Crippen molar-refractivity contribution in [2.75, 3.05) is 33.4 Å². The van der Waals surface area contributed by atoms with E-state index in [1.165, 1.54) is 11.8 Å². The number of amides is 2. The van der Waals surface area contributed by atoms with E-state index in [0.29, 0.717) is 56.0 Å². The molecule has 8 nitrogen and oxygen atoms in total. The van der Waals surface area contributed by atoms with Crippen LogP contribution in [0.15, 0.2) is 67.0 Å². The van der Waals surface area contributed by atoms with Crippen LogP contribution in [0.25, 0.3) is 10.9 Å². The average Bonchev–Trinajstić information content (AvgIpc) is 3.27. The second-order valence-corrected chi connectivity index (χ2v) is 9.06. The zero-order valence-electron chi connectivity index (χ0n) is 20.8. The number of rotatable bonds is 2.